The summed E-state index contributed by atoms with van der Waals surface area (Å²) in [6, 6.07) is 3.92. The van der Waals surface area contributed by atoms with E-state index in [1.54, 1.807) is 11.3 Å². The molecule has 0 radical (unpaired) electrons. The summed E-state index contributed by atoms with van der Waals surface area (Å²) in [4.78, 5) is 3.42. The van der Waals surface area contributed by atoms with E-state index in [2.05, 4.69) is 37.3 Å². The molecule has 1 fully saturated rings. The molecule has 1 aromatic heterocycles. The largest absolute Gasteiger partial charge is 0.373 e. The van der Waals surface area contributed by atoms with E-state index in [0.29, 0.717) is 13.0 Å². The summed E-state index contributed by atoms with van der Waals surface area (Å²) in [6.07, 6.45) is 0.918. The third kappa shape index (κ3) is 5.83. The minimum absolute atomic E-state index is 0.138. The van der Waals surface area contributed by atoms with Crippen molar-refractivity contribution < 1.29 is 13.2 Å². The zero-order chi connectivity index (χ0) is 17.1. The summed E-state index contributed by atoms with van der Waals surface area (Å²) in [5.74, 6) is 0.138. The Morgan fingerprint density at radius 3 is 2.57 bits per heavy atom. The lowest BCUT2D eigenvalue weighted by molar-refractivity contribution is -0.0945. The molecule has 2 rings (SSSR count). The molecule has 2 unspecified atom stereocenters. The van der Waals surface area contributed by atoms with E-state index in [1.165, 1.54) is 0 Å². The summed E-state index contributed by atoms with van der Waals surface area (Å²) in [6.45, 7) is 10.4. The number of morpholine rings is 1. The molecule has 2 heterocycles. The van der Waals surface area contributed by atoms with E-state index in [-0.39, 0.29) is 23.5 Å². The van der Waals surface area contributed by atoms with Crippen molar-refractivity contribution in [3.63, 3.8) is 0 Å². The molecule has 5 nitrogen and oxygen atoms in total. The Hall–Kier alpha value is -0.470. The van der Waals surface area contributed by atoms with Gasteiger partial charge in [0.2, 0.25) is 10.0 Å². The van der Waals surface area contributed by atoms with Gasteiger partial charge in [0.05, 0.1) is 18.0 Å². The molecule has 0 aromatic carbocycles. The monoisotopic (exact) mass is 360 g/mol. The van der Waals surface area contributed by atoms with Crippen LogP contribution in [0.5, 0.6) is 0 Å². The van der Waals surface area contributed by atoms with E-state index in [9.17, 15) is 8.42 Å². The fourth-order valence-corrected chi connectivity index (χ4v) is 4.88. The Balaban J connectivity index is 1.87. The predicted octanol–water partition coefficient (Wildman–Crippen LogP) is 2.10. The normalized spacial score (nSPS) is 24.0. The third-order valence-electron chi connectivity index (χ3n) is 4.20. The summed E-state index contributed by atoms with van der Waals surface area (Å²) in [5.41, 5.74) is -0.234. The fourth-order valence-electron chi connectivity index (χ4n) is 2.83. The minimum Gasteiger partial charge on any atom is -0.373 e. The highest BCUT2D eigenvalue weighted by Crippen LogP contribution is 2.21. The number of rotatable bonds is 7. The van der Waals surface area contributed by atoms with Gasteiger partial charge in [0.15, 0.2) is 0 Å². The van der Waals surface area contributed by atoms with Crippen LogP contribution in [-0.4, -0.2) is 56.5 Å². The lowest BCUT2D eigenvalue weighted by Gasteiger charge is -2.45. The van der Waals surface area contributed by atoms with Gasteiger partial charge in [-0.2, -0.15) is 0 Å². The van der Waals surface area contributed by atoms with Gasteiger partial charge in [-0.05, 0) is 45.6 Å². The van der Waals surface area contributed by atoms with Gasteiger partial charge < -0.3 is 4.74 Å². The number of thiophene rings is 1. The second-order valence-electron chi connectivity index (χ2n) is 6.94. The molecule has 132 valence electrons. The van der Waals surface area contributed by atoms with Crippen LogP contribution in [0.2, 0.25) is 0 Å². The van der Waals surface area contributed by atoms with Gasteiger partial charge in [-0.25, -0.2) is 13.1 Å². The van der Waals surface area contributed by atoms with Gasteiger partial charge in [0, 0.05) is 30.1 Å². The maximum absolute atomic E-state index is 12.2. The van der Waals surface area contributed by atoms with E-state index in [1.807, 2.05) is 17.5 Å². The number of nitrogens with zero attached hydrogens (tertiary/aromatic N) is 1. The van der Waals surface area contributed by atoms with Gasteiger partial charge >= 0.3 is 0 Å². The first-order valence-corrected chi connectivity index (χ1v) is 10.6. The first-order chi connectivity index (χ1) is 10.7. The molecule has 1 aromatic rings. The van der Waals surface area contributed by atoms with Crippen LogP contribution in [0.15, 0.2) is 17.5 Å². The molecule has 0 bridgehead atoms. The van der Waals surface area contributed by atoms with Crippen molar-refractivity contribution in [1.82, 2.24) is 9.62 Å². The molecule has 23 heavy (non-hydrogen) atoms. The molecule has 0 spiro atoms. The molecule has 0 saturated carbocycles. The van der Waals surface area contributed by atoms with Gasteiger partial charge in [0.25, 0.3) is 0 Å². The second kappa shape index (κ2) is 7.61. The van der Waals surface area contributed by atoms with Crippen molar-refractivity contribution in [2.24, 2.45) is 0 Å². The van der Waals surface area contributed by atoms with Crippen LogP contribution in [0.25, 0.3) is 0 Å². The van der Waals surface area contributed by atoms with Gasteiger partial charge in [-0.15, -0.1) is 11.3 Å². The van der Waals surface area contributed by atoms with Crippen LogP contribution < -0.4 is 4.72 Å². The van der Waals surface area contributed by atoms with Crippen LogP contribution in [-0.2, 0) is 21.2 Å². The maximum atomic E-state index is 12.2. The summed E-state index contributed by atoms with van der Waals surface area (Å²) in [5, 5.41) is 1.97. The van der Waals surface area contributed by atoms with Crippen molar-refractivity contribution in [2.45, 2.75) is 51.9 Å². The number of hydrogen-bond acceptors (Lipinski definition) is 5. The average Bonchev–Trinajstić information content (AvgIpc) is 2.96. The molecule has 1 aliphatic rings. The van der Waals surface area contributed by atoms with Crippen molar-refractivity contribution in [2.75, 3.05) is 25.4 Å². The lowest BCUT2D eigenvalue weighted by atomic mass is 10.0. The highest BCUT2D eigenvalue weighted by atomic mass is 32.2. The average molecular weight is 361 g/mol. The van der Waals surface area contributed by atoms with E-state index >= 15 is 0 Å². The van der Waals surface area contributed by atoms with Crippen LogP contribution in [0.3, 0.4) is 0 Å². The first-order valence-electron chi connectivity index (χ1n) is 8.08. The van der Waals surface area contributed by atoms with E-state index < -0.39 is 10.0 Å². The summed E-state index contributed by atoms with van der Waals surface area (Å²) < 4.78 is 33.0. The molecule has 1 saturated heterocycles. The number of sulfonamides is 1. The molecule has 1 N–H and O–H groups in total. The SMILES string of the molecule is CC1CN(C(C)(C)CNS(=O)(=O)CCc2cccs2)CC(C)O1. The topological polar surface area (TPSA) is 58.6 Å². The molecule has 1 aliphatic heterocycles. The van der Waals surface area contributed by atoms with Crippen LogP contribution in [0, 0.1) is 0 Å². The third-order valence-corrected chi connectivity index (χ3v) is 6.46. The quantitative estimate of drug-likeness (QED) is 0.809. The Morgan fingerprint density at radius 1 is 1.35 bits per heavy atom. The van der Waals surface area contributed by atoms with E-state index in [4.69, 9.17) is 4.74 Å². The molecule has 0 amide bonds. The van der Waals surface area contributed by atoms with Gasteiger partial charge in [-0.1, -0.05) is 6.07 Å². The molecule has 0 aliphatic carbocycles. The molecular weight excluding hydrogens is 332 g/mol. The van der Waals surface area contributed by atoms with Crippen LogP contribution in [0.1, 0.15) is 32.6 Å². The maximum Gasteiger partial charge on any atom is 0.212 e. The summed E-state index contributed by atoms with van der Waals surface area (Å²) >= 11 is 1.60. The van der Waals surface area contributed by atoms with Crippen molar-refractivity contribution in [3.8, 4) is 0 Å². The zero-order valence-electron chi connectivity index (χ0n) is 14.4. The zero-order valence-corrected chi connectivity index (χ0v) is 16.0. The fraction of sp³-hybridized carbons (Fsp3) is 0.750. The second-order valence-corrected chi connectivity index (χ2v) is 9.90. The molecule has 2 atom stereocenters. The van der Waals surface area contributed by atoms with E-state index in [0.717, 1.165) is 18.0 Å². The lowest BCUT2D eigenvalue weighted by Crippen LogP contribution is -2.58. The number of ether oxygens (including phenoxy) is 1. The Morgan fingerprint density at radius 2 is 2.00 bits per heavy atom. The Labute approximate surface area is 144 Å². The first kappa shape index (κ1) is 18.9. The number of hydrogen-bond donors (Lipinski definition) is 1. The number of aryl methyl sites for hydroxylation is 1. The minimum atomic E-state index is -3.26. The highest BCUT2D eigenvalue weighted by molar-refractivity contribution is 7.89. The van der Waals surface area contributed by atoms with Crippen LogP contribution >= 0.6 is 11.3 Å². The standard InChI is InChI=1S/C16H28N2O3S2/c1-13-10-18(11-14(2)21-13)16(3,4)12-17-23(19,20)9-7-15-6-5-8-22-15/h5-6,8,13-14,17H,7,9-12H2,1-4H3. The Kier molecular flexibility index (Phi) is 6.24. The smallest absolute Gasteiger partial charge is 0.212 e. The summed E-state index contributed by atoms with van der Waals surface area (Å²) in [7, 11) is -3.26. The van der Waals surface area contributed by atoms with Crippen molar-refractivity contribution >= 4 is 21.4 Å². The molecule has 7 heteroatoms. The Bertz CT molecular complexity index is 574. The van der Waals surface area contributed by atoms with Gasteiger partial charge in [0.1, 0.15) is 0 Å². The van der Waals surface area contributed by atoms with Gasteiger partial charge in [-0.3, -0.25) is 4.90 Å². The molecular formula is C16H28N2O3S2. The van der Waals surface area contributed by atoms with Crippen molar-refractivity contribution in [1.29, 1.82) is 0 Å². The highest BCUT2D eigenvalue weighted by Gasteiger charge is 2.33. The van der Waals surface area contributed by atoms with Crippen LogP contribution in [0.4, 0.5) is 0 Å². The van der Waals surface area contributed by atoms with Crippen molar-refractivity contribution in [3.05, 3.63) is 22.4 Å². The predicted molar refractivity (Wildman–Crippen MR) is 95.5 cm³/mol. The number of nitrogens with one attached hydrogen (secondary N) is 1.